The zero-order chi connectivity index (χ0) is 14.8. The summed E-state index contributed by atoms with van der Waals surface area (Å²) in [4.78, 5) is 1.11. The van der Waals surface area contributed by atoms with Crippen molar-refractivity contribution in [1.29, 1.82) is 0 Å². The van der Waals surface area contributed by atoms with Crippen molar-refractivity contribution in [2.75, 3.05) is 12.3 Å². The fraction of sp³-hybridized carbons (Fsp3) is 0.167. The molecule has 2 rings (SSSR count). The van der Waals surface area contributed by atoms with Crippen molar-refractivity contribution >= 4 is 54.6 Å². The van der Waals surface area contributed by atoms with Crippen molar-refractivity contribution in [3.63, 3.8) is 0 Å². The van der Waals surface area contributed by atoms with Gasteiger partial charge in [0.15, 0.2) is 0 Å². The summed E-state index contributed by atoms with van der Waals surface area (Å²) in [6.45, 7) is 0.297. The summed E-state index contributed by atoms with van der Waals surface area (Å²) < 4.78 is 28.2. The van der Waals surface area contributed by atoms with Crippen LogP contribution in [0.15, 0.2) is 39.7 Å². The van der Waals surface area contributed by atoms with Crippen molar-refractivity contribution in [3.8, 4) is 0 Å². The van der Waals surface area contributed by atoms with E-state index in [0.717, 1.165) is 4.88 Å². The molecule has 0 saturated heterocycles. The lowest BCUT2D eigenvalue weighted by atomic mass is 10.3. The van der Waals surface area contributed by atoms with Gasteiger partial charge in [0, 0.05) is 15.9 Å². The largest absolute Gasteiger partial charge is 0.398 e. The highest BCUT2D eigenvalue weighted by Gasteiger charge is 2.17. The normalized spacial score (nSPS) is 11.7. The van der Waals surface area contributed by atoms with Crippen LogP contribution in [0.4, 0.5) is 5.69 Å². The Kier molecular flexibility index (Phi) is 5.09. The maximum atomic E-state index is 12.2. The molecular formula is C12H12BrClN2O2S2. The molecule has 20 heavy (non-hydrogen) atoms. The van der Waals surface area contributed by atoms with Crippen LogP contribution in [0.3, 0.4) is 0 Å². The summed E-state index contributed by atoms with van der Waals surface area (Å²) in [7, 11) is -3.61. The average Bonchev–Trinajstić information content (AvgIpc) is 2.78. The predicted octanol–water partition coefficient (Wildman–Crippen LogP) is 3.27. The zero-order valence-corrected chi connectivity index (χ0v) is 14.2. The van der Waals surface area contributed by atoms with Crippen LogP contribution in [0.2, 0.25) is 4.34 Å². The molecule has 0 fully saturated rings. The van der Waals surface area contributed by atoms with Crippen LogP contribution in [0.25, 0.3) is 0 Å². The number of nitrogens with one attached hydrogen (secondary N) is 1. The minimum absolute atomic E-state index is 0.0797. The van der Waals surface area contributed by atoms with Crippen molar-refractivity contribution in [2.24, 2.45) is 0 Å². The molecular weight excluding hydrogens is 384 g/mol. The predicted molar refractivity (Wildman–Crippen MR) is 86.8 cm³/mol. The van der Waals surface area contributed by atoms with Gasteiger partial charge in [0.25, 0.3) is 0 Å². The van der Waals surface area contributed by atoms with Gasteiger partial charge in [0.1, 0.15) is 4.90 Å². The Balaban J connectivity index is 2.06. The van der Waals surface area contributed by atoms with Crippen LogP contribution in [0.5, 0.6) is 0 Å². The van der Waals surface area contributed by atoms with Gasteiger partial charge in [-0.3, -0.25) is 0 Å². The molecule has 0 aliphatic rings. The molecule has 0 aliphatic carbocycles. The summed E-state index contributed by atoms with van der Waals surface area (Å²) in [6, 6.07) is 8.41. The minimum atomic E-state index is -3.61. The number of nitrogens with two attached hydrogens (primary N) is 1. The van der Waals surface area contributed by atoms with E-state index in [1.54, 1.807) is 18.2 Å². The van der Waals surface area contributed by atoms with Crippen LogP contribution in [-0.2, 0) is 16.4 Å². The number of nitrogen functional groups attached to an aromatic ring is 1. The number of benzene rings is 1. The maximum Gasteiger partial charge on any atom is 0.242 e. The van der Waals surface area contributed by atoms with E-state index in [1.807, 2.05) is 6.07 Å². The summed E-state index contributed by atoms with van der Waals surface area (Å²) in [6.07, 6.45) is 0.588. The Labute approximate surface area is 135 Å². The lowest BCUT2D eigenvalue weighted by Gasteiger charge is -2.09. The van der Waals surface area contributed by atoms with Gasteiger partial charge >= 0.3 is 0 Å². The Morgan fingerprint density at radius 2 is 2.05 bits per heavy atom. The quantitative estimate of drug-likeness (QED) is 0.763. The molecule has 0 bridgehead atoms. The topological polar surface area (TPSA) is 72.2 Å². The lowest BCUT2D eigenvalue weighted by molar-refractivity contribution is 0.582. The number of sulfonamides is 1. The molecule has 0 atom stereocenters. The number of halogens is 2. The zero-order valence-electron chi connectivity index (χ0n) is 10.3. The minimum Gasteiger partial charge on any atom is -0.398 e. The number of hydrogen-bond acceptors (Lipinski definition) is 4. The maximum absolute atomic E-state index is 12.2. The molecule has 0 unspecified atom stereocenters. The van der Waals surface area contributed by atoms with Crippen molar-refractivity contribution < 1.29 is 8.42 Å². The third kappa shape index (κ3) is 3.95. The molecule has 0 saturated carbocycles. The van der Waals surface area contributed by atoms with E-state index in [-0.39, 0.29) is 10.6 Å². The van der Waals surface area contributed by atoms with Crippen LogP contribution >= 0.6 is 38.9 Å². The molecule has 0 aliphatic heterocycles. The molecule has 1 aromatic heterocycles. The molecule has 3 N–H and O–H groups in total. The highest BCUT2D eigenvalue weighted by Crippen LogP contribution is 2.24. The van der Waals surface area contributed by atoms with Gasteiger partial charge in [-0.25, -0.2) is 13.1 Å². The van der Waals surface area contributed by atoms with Gasteiger partial charge in [-0.1, -0.05) is 27.5 Å². The molecule has 108 valence electrons. The van der Waals surface area contributed by atoms with Crippen LogP contribution in [0.1, 0.15) is 4.88 Å². The van der Waals surface area contributed by atoms with Gasteiger partial charge in [0.05, 0.1) is 10.0 Å². The Morgan fingerprint density at radius 1 is 1.30 bits per heavy atom. The van der Waals surface area contributed by atoms with Gasteiger partial charge < -0.3 is 5.73 Å². The second-order valence-electron chi connectivity index (χ2n) is 4.04. The molecule has 0 amide bonds. The van der Waals surface area contributed by atoms with E-state index in [2.05, 4.69) is 20.7 Å². The summed E-state index contributed by atoms with van der Waals surface area (Å²) >= 11 is 10.5. The van der Waals surface area contributed by atoms with Gasteiger partial charge in [0.2, 0.25) is 10.0 Å². The Bertz CT molecular complexity index is 716. The number of rotatable bonds is 5. The first-order chi connectivity index (χ1) is 9.38. The highest BCUT2D eigenvalue weighted by molar-refractivity contribution is 9.10. The second-order valence-corrected chi connectivity index (χ2v) is 8.49. The first kappa shape index (κ1) is 15.8. The smallest absolute Gasteiger partial charge is 0.242 e. The van der Waals surface area contributed by atoms with E-state index in [4.69, 9.17) is 17.3 Å². The SMILES string of the molecule is Nc1ccc(Br)cc1S(=O)(=O)NCCc1ccc(Cl)s1. The Hall–Kier alpha value is -0.600. The van der Waals surface area contributed by atoms with Crippen molar-refractivity contribution in [1.82, 2.24) is 4.72 Å². The van der Waals surface area contributed by atoms with Gasteiger partial charge in [-0.15, -0.1) is 11.3 Å². The lowest BCUT2D eigenvalue weighted by Crippen LogP contribution is -2.26. The summed E-state index contributed by atoms with van der Waals surface area (Å²) in [5.74, 6) is 0. The van der Waals surface area contributed by atoms with Crippen LogP contribution in [0, 0.1) is 0 Å². The van der Waals surface area contributed by atoms with E-state index in [1.165, 1.54) is 17.4 Å². The molecule has 2 aromatic rings. The molecule has 0 spiro atoms. The van der Waals surface area contributed by atoms with Gasteiger partial charge in [-0.2, -0.15) is 0 Å². The third-order valence-corrected chi connectivity index (χ3v) is 5.86. The monoisotopic (exact) mass is 394 g/mol. The van der Waals surface area contributed by atoms with Crippen LogP contribution < -0.4 is 10.5 Å². The van der Waals surface area contributed by atoms with E-state index in [9.17, 15) is 8.42 Å². The standard InChI is InChI=1S/C12H12BrClN2O2S2/c13-8-1-3-10(15)11(7-8)20(17,18)16-6-5-9-2-4-12(14)19-9/h1-4,7,16H,5-6,15H2. The second kappa shape index (κ2) is 6.44. The molecule has 4 nitrogen and oxygen atoms in total. The first-order valence-corrected chi connectivity index (χ1v) is 9.14. The first-order valence-electron chi connectivity index (χ1n) is 5.67. The molecule has 0 radical (unpaired) electrons. The fourth-order valence-corrected chi connectivity index (χ4v) is 4.40. The number of thiophene rings is 1. The number of anilines is 1. The molecule has 8 heteroatoms. The van der Waals surface area contributed by atoms with Crippen molar-refractivity contribution in [2.45, 2.75) is 11.3 Å². The Morgan fingerprint density at radius 3 is 2.70 bits per heavy atom. The summed E-state index contributed by atoms with van der Waals surface area (Å²) in [5.41, 5.74) is 5.93. The van der Waals surface area contributed by atoms with E-state index in [0.29, 0.717) is 21.8 Å². The number of hydrogen-bond donors (Lipinski definition) is 2. The fourth-order valence-electron chi connectivity index (χ4n) is 1.61. The summed E-state index contributed by atoms with van der Waals surface area (Å²) in [5, 5.41) is 0. The molecule has 1 heterocycles. The van der Waals surface area contributed by atoms with Crippen molar-refractivity contribution in [3.05, 3.63) is 44.0 Å². The van der Waals surface area contributed by atoms with Gasteiger partial charge in [-0.05, 0) is 36.8 Å². The van der Waals surface area contributed by atoms with Crippen LogP contribution in [-0.4, -0.2) is 15.0 Å². The van der Waals surface area contributed by atoms with E-state index < -0.39 is 10.0 Å². The highest BCUT2D eigenvalue weighted by atomic mass is 79.9. The van der Waals surface area contributed by atoms with E-state index >= 15 is 0 Å². The molecule has 1 aromatic carbocycles. The third-order valence-electron chi connectivity index (χ3n) is 2.56. The average molecular weight is 396 g/mol.